The lowest BCUT2D eigenvalue weighted by Crippen LogP contribution is -2.49. The average Bonchev–Trinajstić information content (AvgIpc) is 3.17. The van der Waals surface area contributed by atoms with Gasteiger partial charge in [0.2, 0.25) is 0 Å². The summed E-state index contributed by atoms with van der Waals surface area (Å²) in [7, 11) is 1.86. The van der Waals surface area contributed by atoms with Crippen molar-refractivity contribution in [2.45, 2.75) is 45.8 Å². The maximum absolute atomic E-state index is 5.75. The van der Waals surface area contributed by atoms with E-state index in [2.05, 4.69) is 46.9 Å². The fourth-order valence-electron chi connectivity index (χ4n) is 3.55. The van der Waals surface area contributed by atoms with Gasteiger partial charge in [0, 0.05) is 33.3 Å². The van der Waals surface area contributed by atoms with Gasteiger partial charge in [-0.2, -0.15) is 0 Å². The molecule has 1 aromatic rings. The van der Waals surface area contributed by atoms with Crippen molar-refractivity contribution in [1.29, 1.82) is 0 Å². The van der Waals surface area contributed by atoms with Gasteiger partial charge in [-0.1, -0.05) is 13.8 Å². The highest BCUT2D eigenvalue weighted by molar-refractivity contribution is 5.80. The second-order valence-corrected chi connectivity index (χ2v) is 6.32. The maximum Gasteiger partial charge on any atom is 0.193 e. The zero-order valence-electron chi connectivity index (χ0n) is 16.2. The van der Waals surface area contributed by atoms with Crippen molar-refractivity contribution >= 4 is 5.96 Å². The molecule has 0 amide bonds. The van der Waals surface area contributed by atoms with Gasteiger partial charge in [-0.05, 0) is 45.0 Å². The van der Waals surface area contributed by atoms with Crippen molar-refractivity contribution in [3.63, 3.8) is 0 Å². The number of guanidine groups is 1. The summed E-state index contributed by atoms with van der Waals surface area (Å²) in [6.45, 7) is 12.0. The van der Waals surface area contributed by atoms with Crippen LogP contribution >= 0.6 is 0 Å². The van der Waals surface area contributed by atoms with Crippen LogP contribution in [0.4, 0.5) is 0 Å². The largest absolute Gasteiger partial charge is 0.468 e. The van der Waals surface area contributed by atoms with Gasteiger partial charge in [0.25, 0.3) is 0 Å². The second kappa shape index (κ2) is 10.5. The number of hydrogen-bond donors (Lipinski definition) is 1. The van der Waals surface area contributed by atoms with E-state index < -0.39 is 0 Å². The molecule has 6 heteroatoms. The first-order valence-electron chi connectivity index (χ1n) is 9.58. The van der Waals surface area contributed by atoms with Crippen molar-refractivity contribution in [1.82, 2.24) is 15.1 Å². The third-order valence-electron chi connectivity index (χ3n) is 4.93. The number of ether oxygens (including phenoxy) is 1. The number of aliphatic imine (C=N–C) groups is 1. The molecule has 0 aliphatic carbocycles. The fraction of sp³-hybridized carbons (Fsp3) is 0.737. The molecule has 2 heterocycles. The van der Waals surface area contributed by atoms with Crippen LogP contribution in [-0.4, -0.2) is 68.2 Å². The number of nitrogens with one attached hydrogen (secondary N) is 1. The predicted molar refractivity (Wildman–Crippen MR) is 102 cm³/mol. The highest BCUT2D eigenvalue weighted by Crippen LogP contribution is 2.20. The molecule has 0 bridgehead atoms. The highest BCUT2D eigenvalue weighted by atomic mass is 16.5. The molecule has 25 heavy (non-hydrogen) atoms. The molecule has 1 fully saturated rings. The van der Waals surface area contributed by atoms with Gasteiger partial charge < -0.3 is 19.4 Å². The van der Waals surface area contributed by atoms with Gasteiger partial charge >= 0.3 is 0 Å². The van der Waals surface area contributed by atoms with E-state index in [1.54, 1.807) is 6.26 Å². The molecule has 1 N–H and O–H groups in total. The van der Waals surface area contributed by atoms with E-state index in [4.69, 9.17) is 9.15 Å². The van der Waals surface area contributed by atoms with E-state index in [9.17, 15) is 0 Å². The van der Waals surface area contributed by atoms with E-state index in [0.29, 0.717) is 6.10 Å². The summed E-state index contributed by atoms with van der Waals surface area (Å²) in [5, 5.41) is 3.56. The Morgan fingerprint density at radius 3 is 2.60 bits per heavy atom. The lowest BCUT2D eigenvalue weighted by Gasteiger charge is -2.35. The van der Waals surface area contributed by atoms with Gasteiger partial charge in [-0.3, -0.25) is 9.89 Å². The van der Waals surface area contributed by atoms with Gasteiger partial charge in [0.05, 0.1) is 18.4 Å². The average molecular weight is 351 g/mol. The summed E-state index contributed by atoms with van der Waals surface area (Å²) >= 11 is 0. The third-order valence-corrected chi connectivity index (χ3v) is 4.93. The Kier molecular flexibility index (Phi) is 8.28. The molecule has 1 saturated heterocycles. The normalized spacial score (nSPS) is 18.0. The zero-order chi connectivity index (χ0) is 18.1. The van der Waals surface area contributed by atoms with Crippen LogP contribution in [0, 0.1) is 0 Å². The van der Waals surface area contributed by atoms with Crippen molar-refractivity contribution in [3.05, 3.63) is 24.2 Å². The first-order chi connectivity index (χ1) is 12.2. The molecule has 1 aromatic heterocycles. The standard InChI is InChI=1S/C19H34N4O2/c1-5-22(6-2)17(18-9-8-14-25-18)15-21-19(20-4)23-12-10-16(11-13-23)24-7-3/h8-9,14,16-17H,5-7,10-13,15H2,1-4H3,(H,20,21). The van der Waals surface area contributed by atoms with Gasteiger partial charge in [0.15, 0.2) is 5.96 Å². The lowest BCUT2D eigenvalue weighted by atomic mass is 10.1. The van der Waals surface area contributed by atoms with Crippen LogP contribution in [-0.2, 0) is 4.74 Å². The minimum atomic E-state index is 0.211. The van der Waals surface area contributed by atoms with E-state index in [0.717, 1.165) is 63.9 Å². The molecule has 1 aliphatic rings. The van der Waals surface area contributed by atoms with Crippen LogP contribution in [0.3, 0.4) is 0 Å². The molecule has 0 aromatic carbocycles. The Morgan fingerprint density at radius 1 is 1.36 bits per heavy atom. The van der Waals surface area contributed by atoms with Gasteiger partial charge in [0.1, 0.15) is 5.76 Å². The Hall–Kier alpha value is -1.53. The molecular weight excluding hydrogens is 316 g/mol. The molecule has 0 radical (unpaired) electrons. The van der Waals surface area contributed by atoms with Crippen molar-refractivity contribution in [2.75, 3.05) is 46.4 Å². The topological polar surface area (TPSA) is 53.2 Å². The predicted octanol–water partition coefficient (Wildman–Crippen LogP) is 2.74. The van der Waals surface area contributed by atoms with E-state index in [1.165, 1.54) is 0 Å². The maximum atomic E-state index is 5.75. The minimum Gasteiger partial charge on any atom is -0.468 e. The van der Waals surface area contributed by atoms with E-state index >= 15 is 0 Å². The molecule has 1 atom stereocenters. The Bertz CT molecular complexity index is 492. The Balaban J connectivity index is 1.94. The molecule has 2 rings (SSSR count). The summed E-state index contributed by atoms with van der Waals surface area (Å²) < 4.78 is 11.4. The van der Waals surface area contributed by atoms with Crippen molar-refractivity contribution in [2.24, 2.45) is 4.99 Å². The minimum absolute atomic E-state index is 0.211. The molecule has 1 aliphatic heterocycles. The van der Waals surface area contributed by atoms with Crippen LogP contribution in [0.1, 0.15) is 45.4 Å². The number of piperidine rings is 1. The molecule has 0 spiro atoms. The lowest BCUT2D eigenvalue weighted by molar-refractivity contribution is 0.0263. The van der Waals surface area contributed by atoms with Crippen LogP contribution in [0.5, 0.6) is 0 Å². The molecule has 0 saturated carbocycles. The SMILES string of the molecule is CCOC1CCN(C(=NC)NCC(c2ccco2)N(CC)CC)CC1. The molecule has 142 valence electrons. The first-order valence-corrected chi connectivity index (χ1v) is 9.58. The quantitative estimate of drug-likeness (QED) is 0.577. The third kappa shape index (κ3) is 5.47. The first kappa shape index (κ1) is 19.8. The summed E-state index contributed by atoms with van der Waals surface area (Å²) in [4.78, 5) is 9.22. The summed E-state index contributed by atoms with van der Waals surface area (Å²) in [5.74, 6) is 1.97. The number of furan rings is 1. The van der Waals surface area contributed by atoms with Crippen LogP contribution in [0.15, 0.2) is 27.8 Å². The smallest absolute Gasteiger partial charge is 0.193 e. The molecule has 6 nitrogen and oxygen atoms in total. The zero-order valence-corrected chi connectivity index (χ0v) is 16.2. The van der Waals surface area contributed by atoms with E-state index in [-0.39, 0.29) is 6.04 Å². The molecule has 1 unspecified atom stereocenters. The number of likely N-dealkylation sites (tertiary alicyclic amines) is 1. The van der Waals surface area contributed by atoms with Crippen LogP contribution < -0.4 is 5.32 Å². The second-order valence-electron chi connectivity index (χ2n) is 6.32. The Labute approximate surface area is 152 Å². The van der Waals surface area contributed by atoms with Crippen LogP contribution in [0.25, 0.3) is 0 Å². The highest BCUT2D eigenvalue weighted by Gasteiger charge is 2.24. The van der Waals surface area contributed by atoms with E-state index in [1.807, 2.05) is 13.1 Å². The monoisotopic (exact) mass is 350 g/mol. The summed E-state index contributed by atoms with van der Waals surface area (Å²) in [6.07, 6.45) is 4.27. The number of nitrogens with zero attached hydrogens (tertiary/aromatic N) is 3. The van der Waals surface area contributed by atoms with Gasteiger partial charge in [-0.15, -0.1) is 0 Å². The van der Waals surface area contributed by atoms with Gasteiger partial charge in [-0.25, -0.2) is 0 Å². The van der Waals surface area contributed by atoms with Crippen molar-refractivity contribution < 1.29 is 9.15 Å². The number of rotatable bonds is 8. The molecular formula is C19H34N4O2. The summed E-state index contributed by atoms with van der Waals surface area (Å²) in [6, 6.07) is 4.22. The number of likely N-dealkylation sites (N-methyl/N-ethyl adjacent to an activating group) is 1. The van der Waals surface area contributed by atoms with Crippen molar-refractivity contribution in [3.8, 4) is 0 Å². The van der Waals surface area contributed by atoms with Crippen LogP contribution in [0.2, 0.25) is 0 Å². The number of hydrogen-bond acceptors (Lipinski definition) is 4. The fourth-order valence-corrected chi connectivity index (χ4v) is 3.55. The summed E-state index contributed by atoms with van der Waals surface area (Å²) in [5.41, 5.74) is 0. The Morgan fingerprint density at radius 2 is 2.08 bits per heavy atom.